The number of hydrogen-bond acceptors (Lipinski definition) is 6. The number of aliphatic imine (C=N–C) groups is 1. The summed E-state index contributed by atoms with van der Waals surface area (Å²) in [6.45, 7) is 7.90. The Balaban J connectivity index is 1.49. The highest BCUT2D eigenvalue weighted by Crippen LogP contribution is 2.24. The molecule has 164 valence electrons. The second-order valence-corrected chi connectivity index (χ2v) is 8.73. The minimum absolute atomic E-state index is 0.366. The van der Waals surface area contributed by atoms with Gasteiger partial charge in [0.1, 0.15) is 11.5 Å². The predicted octanol–water partition coefficient (Wildman–Crippen LogP) is 3.22. The Morgan fingerprint density at radius 2 is 2.00 bits per heavy atom. The maximum atomic E-state index is 5.39. The molecule has 1 atom stereocenters. The van der Waals surface area contributed by atoms with E-state index >= 15 is 0 Å². The smallest absolute Gasteiger partial charge is 0.191 e. The summed E-state index contributed by atoms with van der Waals surface area (Å²) < 4.78 is 10.8. The largest absolute Gasteiger partial charge is 0.497 e. The molecule has 1 aliphatic heterocycles. The lowest BCUT2D eigenvalue weighted by Gasteiger charge is -2.19. The Labute approximate surface area is 183 Å². The van der Waals surface area contributed by atoms with Crippen LogP contribution >= 0.6 is 11.3 Å². The molecule has 30 heavy (non-hydrogen) atoms. The highest BCUT2D eigenvalue weighted by atomic mass is 32.1. The van der Waals surface area contributed by atoms with E-state index in [-0.39, 0.29) is 0 Å². The fourth-order valence-electron chi connectivity index (χ4n) is 3.54. The van der Waals surface area contributed by atoms with Crippen molar-refractivity contribution in [1.29, 1.82) is 0 Å². The molecular formula is C22H33N5O2S. The van der Waals surface area contributed by atoms with Crippen molar-refractivity contribution in [1.82, 2.24) is 20.5 Å². The van der Waals surface area contributed by atoms with Crippen molar-refractivity contribution >= 4 is 17.3 Å². The normalized spacial score (nSPS) is 17.4. The van der Waals surface area contributed by atoms with Gasteiger partial charge in [0, 0.05) is 50.1 Å². The molecule has 2 heterocycles. The lowest BCUT2D eigenvalue weighted by Crippen LogP contribution is -2.44. The van der Waals surface area contributed by atoms with Crippen molar-refractivity contribution in [2.75, 3.05) is 34.4 Å². The van der Waals surface area contributed by atoms with Gasteiger partial charge in [0.2, 0.25) is 0 Å². The van der Waals surface area contributed by atoms with Crippen LogP contribution in [0.5, 0.6) is 11.5 Å². The van der Waals surface area contributed by atoms with Crippen LogP contribution in [0.3, 0.4) is 0 Å². The Morgan fingerprint density at radius 1 is 1.27 bits per heavy atom. The average Bonchev–Trinajstić information content (AvgIpc) is 3.40. The summed E-state index contributed by atoms with van der Waals surface area (Å²) in [5.41, 5.74) is 2.26. The number of ether oxygens (including phenoxy) is 2. The quantitative estimate of drug-likeness (QED) is 0.494. The Morgan fingerprint density at radius 3 is 2.60 bits per heavy atom. The third-order valence-electron chi connectivity index (χ3n) is 5.15. The zero-order valence-electron chi connectivity index (χ0n) is 18.6. The number of rotatable bonds is 8. The molecule has 0 radical (unpaired) electrons. The van der Waals surface area contributed by atoms with E-state index < -0.39 is 0 Å². The zero-order valence-corrected chi connectivity index (χ0v) is 19.4. The number of hydrogen-bond donors (Lipinski definition) is 2. The summed E-state index contributed by atoms with van der Waals surface area (Å²) in [5, 5.41) is 10.2. The molecule has 1 aliphatic rings. The molecule has 7 nitrogen and oxygen atoms in total. The van der Waals surface area contributed by atoms with Crippen LogP contribution < -0.4 is 20.1 Å². The molecule has 2 aromatic rings. The van der Waals surface area contributed by atoms with Crippen molar-refractivity contribution in [3.8, 4) is 11.5 Å². The average molecular weight is 432 g/mol. The molecule has 0 spiro atoms. The van der Waals surface area contributed by atoms with Gasteiger partial charge in [-0.15, -0.1) is 11.3 Å². The van der Waals surface area contributed by atoms with Gasteiger partial charge >= 0.3 is 0 Å². The van der Waals surface area contributed by atoms with E-state index in [9.17, 15) is 0 Å². The molecule has 3 rings (SSSR count). The lowest BCUT2D eigenvalue weighted by molar-refractivity contribution is 0.321. The fourth-order valence-corrected chi connectivity index (χ4v) is 4.38. The van der Waals surface area contributed by atoms with Crippen LogP contribution in [0.25, 0.3) is 0 Å². The van der Waals surface area contributed by atoms with E-state index in [1.165, 1.54) is 10.6 Å². The van der Waals surface area contributed by atoms with Crippen LogP contribution in [0.15, 0.2) is 28.6 Å². The van der Waals surface area contributed by atoms with Gasteiger partial charge in [-0.25, -0.2) is 4.98 Å². The minimum atomic E-state index is 0.366. The van der Waals surface area contributed by atoms with Crippen LogP contribution in [0.4, 0.5) is 0 Å². The third kappa shape index (κ3) is 6.09. The number of nitrogens with zero attached hydrogens (tertiary/aromatic N) is 3. The van der Waals surface area contributed by atoms with Crippen molar-refractivity contribution in [2.45, 2.75) is 45.3 Å². The Bertz CT molecular complexity index is 830. The SMILES string of the molecule is CN=C(NCc1csc(C(C)C)n1)NC1CCN(Cc2cc(OC)cc(OC)c2)C1. The molecule has 1 unspecified atom stereocenters. The highest BCUT2D eigenvalue weighted by Gasteiger charge is 2.23. The van der Waals surface area contributed by atoms with E-state index in [4.69, 9.17) is 9.47 Å². The number of methoxy groups -OCH3 is 2. The standard InChI is InChI=1S/C22H33N5O2S/c1-15(2)21-25-18(14-30-21)11-24-22(23-3)26-17-6-7-27(13-17)12-16-8-19(28-4)10-20(9-16)29-5/h8-10,14-15,17H,6-7,11-13H2,1-5H3,(H2,23,24,26). The van der Waals surface area contributed by atoms with Crippen LogP contribution in [-0.4, -0.2) is 56.2 Å². The van der Waals surface area contributed by atoms with Crippen molar-refractivity contribution in [2.24, 2.45) is 4.99 Å². The van der Waals surface area contributed by atoms with E-state index in [0.717, 1.165) is 49.2 Å². The highest BCUT2D eigenvalue weighted by molar-refractivity contribution is 7.09. The third-order valence-corrected chi connectivity index (χ3v) is 6.35. The van der Waals surface area contributed by atoms with Gasteiger partial charge in [0.25, 0.3) is 0 Å². The lowest BCUT2D eigenvalue weighted by atomic mass is 10.2. The zero-order chi connectivity index (χ0) is 21.5. The van der Waals surface area contributed by atoms with Gasteiger partial charge in [-0.3, -0.25) is 9.89 Å². The molecule has 1 saturated heterocycles. The summed E-state index contributed by atoms with van der Waals surface area (Å²) in [6, 6.07) is 6.41. The molecule has 0 amide bonds. The van der Waals surface area contributed by atoms with Gasteiger partial charge in [0.15, 0.2) is 5.96 Å². The molecule has 0 aliphatic carbocycles. The van der Waals surface area contributed by atoms with Crippen LogP contribution in [0, 0.1) is 0 Å². The summed E-state index contributed by atoms with van der Waals surface area (Å²) in [6.07, 6.45) is 1.08. The number of thiazole rings is 1. The van der Waals surface area contributed by atoms with Gasteiger partial charge in [-0.2, -0.15) is 0 Å². The molecule has 2 N–H and O–H groups in total. The number of benzene rings is 1. The number of guanidine groups is 1. The monoisotopic (exact) mass is 431 g/mol. The minimum Gasteiger partial charge on any atom is -0.497 e. The van der Waals surface area contributed by atoms with Gasteiger partial charge in [-0.1, -0.05) is 13.8 Å². The molecule has 0 bridgehead atoms. The molecule has 8 heteroatoms. The Kier molecular flexibility index (Phi) is 7.93. The number of likely N-dealkylation sites (tertiary alicyclic amines) is 1. The maximum absolute atomic E-state index is 5.39. The van der Waals surface area contributed by atoms with Crippen LogP contribution in [0.2, 0.25) is 0 Å². The molecular weight excluding hydrogens is 398 g/mol. The fraction of sp³-hybridized carbons (Fsp3) is 0.545. The first-order chi connectivity index (χ1) is 14.5. The molecule has 1 aromatic carbocycles. The summed E-state index contributed by atoms with van der Waals surface area (Å²) in [5.74, 6) is 2.94. The van der Waals surface area contributed by atoms with Crippen LogP contribution in [-0.2, 0) is 13.1 Å². The second-order valence-electron chi connectivity index (χ2n) is 7.84. The summed E-state index contributed by atoms with van der Waals surface area (Å²) in [4.78, 5) is 11.5. The summed E-state index contributed by atoms with van der Waals surface area (Å²) in [7, 11) is 5.18. The number of aromatic nitrogens is 1. The topological polar surface area (TPSA) is 71.0 Å². The maximum Gasteiger partial charge on any atom is 0.191 e. The van der Waals surface area contributed by atoms with Crippen molar-refractivity contribution < 1.29 is 9.47 Å². The first-order valence-electron chi connectivity index (χ1n) is 10.4. The van der Waals surface area contributed by atoms with E-state index in [0.29, 0.717) is 18.5 Å². The van der Waals surface area contributed by atoms with Gasteiger partial charge in [-0.05, 0) is 24.1 Å². The van der Waals surface area contributed by atoms with E-state index in [2.05, 4.69) is 56.9 Å². The van der Waals surface area contributed by atoms with Crippen LogP contribution in [0.1, 0.15) is 42.5 Å². The summed E-state index contributed by atoms with van der Waals surface area (Å²) >= 11 is 1.72. The van der Waals surface area contributed by atoms with E-state index in [1.807, 2.05) is 13.1 Å². The predicted molar refractivity (Wildman–Crippen MR) is 123 cm³/mol. The number of nitrogens with one attached hydrogen (secondary N) is 2. The van der Waals surface area contributed by atoms with Crippen molar-refractivity contribution in [3.05, 3.63) is 39.8 Å². The first kappa shape index (κ1) is 22.4. The van der Waals surface area contributed by atoms with Gasteiger partial charge in [0.05, 0.1) is 31.5 Å². The molecule has 0 saturated carbocycles. The second kappa shape index (κ2) is 10.6. The Hall–Kier alpha value is -2.32. The first-order valence-corrected chi connectivity index (χ1v) is 11.2. The van der Waals surface area contributed by atoms with Gasteiger partial charge < -0.3 is 20.1 Å². The molecule has 1 aromatic heterocycles. The van der Waals surface area contributed by atoms with E-state index in [1.54, 1.807) is 25.6 Å². The molecule has 1 fully saturated rings. The van der Waals surface area contributed by atoms with Crippen molar-refractivity contribution in [3.63, 3.8) is 0 Å².